The summed E-state index contributed by atoms with van der Waals surface area (Å²) in [6.45, 7) is 5.05. The summed E-state index contributed by atoms with van der Waals surface area (Å²) in [5, 5.41) is 3.00. The summed E-state index contributed by atoms with van der Waals surface area (Å²) in [5.41, 5.74) is 4.11. The van der Waals surface area contributed by atoms with Gasteiger partial charge in [-0.1, -0.05) is 12.1 Å². The standard InChI is InChI=1S/C20H25BrN2O3/c1-13-7-6-8-17(14(13)2)22-20(24)12-23(3)11-15-9-19(26-5)16(21)10-18(15)25-4/h6-10H,11-12H2,1-5H3,(H,22,24)/p+1. The number of carbonyl (C=O) groups excluding carboxylic acids is 1. The van der Waals surface area contributed by atoms with Crippen LogP contribution in [-0.4, -0.2) is 33.7 Å². The van der Waals surface area contributed by atoms with E-state index in [1.807, 2.05) is 51.2 Å². The van der Waals surface area contributed by atoms with Crippen molar-refractivity contribution >= 4 is 27.5 Å². The number of ether oxygens (including phenoxy) is 2. The zero-order valence-corrected chi connectivity index (χ0v) is 17.5. The second-order valence-corrected chi connectivity index (χ2v) is 7.26. The quantitative estimate of drug-likeness (QED) is 0.722. The molecule has 1 atom stereocenters. The number of methoxy groups -OCH3 is 2. The molecule has 0 aromatic heterocycles. The maximum atomic E-state index is 12.4. The highest BCUT2D eigenvalue weighted by Crippen LogP contribution is 2.32. The van der Waals surface area contributed by atoms with Crippen LogP contribution >= 0.6 is 15.9 Å². The second kappa shape index (κ2) is 9.05. The fourth-order valence-electron chi connectivity index (χ4n) is 2.80. The lowest BCUT2D eigenvalue weighted by Crippen LogP contribution is -3.08. The minimum Gasteiger partial charge on any atom is -0.496 e. The number of benzene rings is 2. The van der Waals surface area contributed by atoms with Gasteiger partial charge in [-0.15, -0.1) is 0 Å². The van der Waals surface area contributed by atoms with E-state index >= 15 is 0 Å². The zero-order chi connectivity index (χ0) is 19.3. The lowest BCUT2D eigenvalue weighted by Gasteiger charge is -2.17. The summed E-state index contributed by atoms with van der Waals surface area (Å²) in [5.74, 6) is 1.50. The average molecular weight is 422 g/mol. The minimum atomic E-state index is -0.0146. The van der Waals surface area contributed by atoms with Crippen molar-refractivity contribution in [2.45, 2.75) is 20.4 Å². The van der Waals surface area contributed by atoms with E-state index in [9.17, 15) is 4.79 Å². The number of nitrogens with one attached hydrogen (secondary N) is 2. The molecule has 2 aromatic carbocycles. The van der Waals surface area contributed by atoms with Gasteiger partial charge in [0.1, 0.15) is 18.0 Å². The van der Waals surface area contributed by atoms with Crippen molar-refractivity contribution in [3.63, 3.8) is 0 Å². The summed E-state index contributed by atoms with van der Waals surface area (Å²) < 4.78 is 11.7. The van der Waals surface area contributed by atoms with Crippen molar-refractivity contribution in [2.24, 2.45) is 0 Å². The average Bonchev–Trinajstić information content (AvgIpc) is 2.59. The number of carbonyl (C=O) groups is 1. The smallest absolute Gasteiger partial charge is 0.279 e. The van der Waals surface area contributed by atoms with Gasteiger partial charge in [0.05, 0.1) is 31.3 Å². The van der Waals surface area contributed by atoms with Crippen LogP contribution in [0.3, 0.4) is 0 Å². The SMILES string of the molecule is COc1cc(C[NH+](C)CC(=O)Nc2cccc(C)c2C)c(OC)cc1Br. The number of aryl methyl sites for hydroxylation is 1. The molecule has 0 saturated heterocycles. The van der Waals surface area contributed by atoms with Crippen LogP contribution in [0.25, 0.3) is 0 Å². The van der Waals surface area contributed by atoms with E-state index in [1.165, 1.54) is 0 Å². The molecule has 2 rings (SSSR count). The minimum absolute atomic E-state index is 0.0146. The Labute approximate surface area is 163 Å². The third-order valence-corrected chi connectivity index (χ3v) is 5.01. The first-order chi connectivity index (χ1) is 12.3. The van der Waals surface area contributed by atoms with E-state index in [4.69, 9.17) is 9.47 Å². The molecule has 2 N–H and O–H groups in total. The Balaban J connectivity index is 2.05. The molecule has 26 heavy (non-hydrogen) atoms. The van der Waals surface area contributed by atoms with E-state index < -0.39 is 0 Å². The van der Waals surface area contributed by atoms with Gasteiger partial charge in [0.2, 0.25) is 0 Å². The second-order valence-electron chi connectivity index (χ2n) is 6.40. The Morgan fingerprint density at radius 2 is 1.85 bits per heavy atom. The summed E-state index contributed by atoms with van der Waals surface area (Å²) in [4.78, 5) is 13.5. The number of likely N-dealkylation sites (N-methyl/N-ethyl adjacent to an activating group) is 1. The lowest BCUT2D eigenvalue weighted by molar-refractivity contribution is -0.885. The first kappa shape index (κ1) is 20.3. The van der Waals surface area contributed by atoms with Crippen LogP contribution in [0, 0.1) is 13.8 Å². The largest absolute Gasteiger partial charge is 0.496 e. The molecule has 0 heterocycles. The van der Waals surface area contributed by atoms with Crippen LogP contribution in [0.5, 0.6) is 11.5 Å². The molecule has 0 aliphatic carbocycles. The molecule has 0 bridgehead atoms. The third-order valence-electron chi connectivity index (χ3n) is 4.39. The maximum absolute atomic E-state index is 12.4. The molecule has 5 nitrogen and oxygen atoms in total. The molecule has 0 radical (unpaired) electrons. The lowest BCUT2D eigenvalue weighted by atomic mass is 10.1. The van der Waals surface area contributed by atoms with Gasteiger partial charge in [0.25, 0.3) is 5.91 Å². The van der Waals surface area contributed by atoms with Crippen LogP contribution in [0.15, 0.2) is 34.8 Å². The van der Waals surface area contributed by atoms with Crippen LogP contribution in [-0.2, 0) is 11.3 Å². The number of anilines is 1. The maximum Gasteiger partial charge on any atom is 0.279 e. The summed E-state index contributed by atoms with van der Waals surface area (Å²) in [7, 11) is 5.25. The van der Waals surface area contributed by atoms with E-state index in [0.717, 1.165) is 43.2 Å². The number of quaternary nitrogens is 1. The molecule has 1 amide bonds. The zero-order valence-electron chi connectivity index (χ0n) is 15.9. The highest BCUT2D eigenvalue weighted by molar-refractivity contribution is 9.10. The summed E-state index contributed by atoms with van der Waals surface area (Å²) in [6, 6.07) is 9.74. The molecule has 2 aromatic rings. The Bertz CT molecular complexity index is 793. The van der Waals surface area contributed by atoms with Gasteiger partial charge in [-0.3, -0.25) is 4.79 Å². The van der Waals surface area contributed by atoms with Crippen molar-refractivity contribution in [1.29, 1.82) is 0 Å². The van der Waals surface area contributed by atoms with Crippen LogP contribution < -0.4 is 19.7 Å². The topological polar surface area (TPSA) is 52.0 Å². The van der Waals surface area contributed by atoms with Crippen molar-refractivity contribution in [2.75, 3.05) is 33.1 Å². The normalized spacial score (nSPS) is 11.8. The molecular formula is C20H26BrN2O3+. The van der Waals surface area contributed by atoms with Gasteiger partial charge < -0.3 is 19.7 Å². The van der Waals surface area contributed by atoms with Crippen molar-refractivity contribution in [1.82, 2.24) is 0 Å². The fourth-order valence-corrected chi connectivity index (χ4v) is 3.29. The molecule has 0 aliphatic rings. The predicted octanol–water partition coefficient (Wildman–Crippen LogP) is 2.74. The van der Waals surface area contributed by atoms with E-state index in [-0.39, 0.29) is 5.91 Å². The molecule has 140 valence electrons. The van der Waals surface area contributed by atoms with Crippen molar-refractivity contribution in [3.8, 4) is 11.5 Å². The van der Waals surface area contributed by atoms with Gasteiger partial charge in [-0.2, -0.15) is 0 Å². The number of amides is 1. The van der Waals surface area contributed by atoms with Gasteiger partial charge in [-0.05, 0) is 59.1 Å². The van der Waals surface area contributed by atoms with Crippen LogP contribution in [0.4, 0.5) is 5.69 Å². The first-order valence-corrected chi connectivity index (χ1v) is 9.22. The van der Waals surface area contributed by atoms with Crippen LogP contribution in [0.1, 0.15) is 16.7 Å². The summed E-state index contributed by atoms with van der Waals surface area (Å²) in [6.07, 6.45) is 0. The van der Waals surface area contributed by atoms with Crippen LogP contribution in [0.2, 0.25) is 0 Å². The highest BCUT2D eigenvalue weighted by Gasteiger charge is 2.16. The molecule has 1 unspecified atom stereocenters. The Hall–Kier alpha value is -2.05. The van der Waals surface area contributed by atoms with Gasteiger partial charge >= 0.3 is 0 Å². The van der Waals surface area contributed by atoms with Crippen molar-refractivity contribution < 1.29 is 19.2 Å². The fraction of sp³-hybridized carbons (Fsp3) is 0.350. The molecule has 0 aliphatic heterocycles. The van der Waals surface area contributed by atoms with Crippen molar-refractivity contribution in [3.05, 3.63) is 51.5 Å². The first-order valence-electron chi connectivity index (χ1n) is 8.43. The molecular weight excluding hydrogens is 396 g/mol. The Kier molecular flexibility index (Phi) is 7.06. The number of halogens is 1. The summed E-state index contributed by atoms with van der Waals surface area (Å²) >= 11 is 3.46. The molecule has 0 spiro atoms. The number of rotatable bonds is 7. The third kappa shape index (κ3) is 4.99. The number of hydrogen-bond donors (Lipinski definition) is 2. The number of hydrogen-bond acceptors (Lipinski definition) is 3. The Morgan fingerprint density at radius 3 is 2.50 bits per heavy atom. The monoisotopic (exact) mass is 421 g/mol. The van der Waals surface area contributed by atoms with Gasteiger partial charge in [0, 0.05) is 5.69 Å². The molecule has 6 heteroatoms. The van der Waals surface area contributed by atoms with E-state index in [1.54, 1.807) is 14.2 Å². The molecule has 0 saturated carbocycles. The van der Waals surface area contributed by atoms with E-state index in [0.29, 0.717) is 13.1 Å². The highest BCUT2D eigenvalue weighted by atomic mass is 79.9. The molecule has 0 fully saturated rings. The van der Waals surface area contributed by atoms with E-state index in [2.05, 4.69) is 21.2 Å². The van der Waals surface area contributed by atoms with Gasteiger partial charge in [-0.25, -0.2) is 0 Å². The predicted molar refractivity (Wildman–Crippen MR) is 107 cm³/mol. The Morgan fingerprint density at radius 1 is 1.15 bits per heavy atom. The van der Waals surface area contributed by atoms with Gasteiger partial charge in [0.15, 0.2) is 6.54 Å².